The van der Waals surface area contributed by atoms with E-state index in [1.807, 2.05) is 25.1 Å². The first-order valence-corrected chi connectivity index (χ1v) is 5.08. The van der Waals surface area contributed by atoms with Crippen molar-refractivity contribution in [3.63, 3.8) is 0 Å². The van der Waals surface area contributed by atoms with Gasteiger partial charge in [0.05, 0.1) is 11.1 Å². The summed E-state index contributed by atoms with van der Waals surface area (Å²) < 4.78 is 6.31. The van der Waals surface area contributed by atoms with Crippen LogP contribution in [-0.2, 0) is 5.88 Å². The van der Waals surface area contributed by atoms with E-state index in [9.17, 15) is 0 Å². The van der Waals surface area contributed by atoms with Gasteiger partial charge in [-0.1, -0.05) is 6.07 Å². The quantitative estimate of drug-likeness (QED) is 0.744. The lowest BCUT2D eigenvalue weighted by Crippen LogP contribution is -1.92. The number of hydrogen-bond donors (Lipinski definition) is 0. The van der Waals surface area contributed by atoms with Crippen molar-refractivity contribution in [3.05, 3.63) is 28.2 Å². The molecular formula is C9H10BrClO. The molecule has 0 amide bonds. The van der Waals surface area contributed by atoms with Crippen LogP contribution >= 0.6 is 27.5 Å². The molecule has 0 atom stereocenters. The van der Waals surface area contributed by atoms with Gasteiger partial charge in [-0.05, 0) is 40.5 Å². The highest BCUT2D eigenvalue weighted by molar-refractivity contribution is 9.10. The van der Waals surface area contributed by atoms with Crippen LogP contribution < -0.4 is 4.74 Å². The third-order valence-electron chi connectivity index (χ3n) is 1.45. The monoisotopic (exact) mass is 248 g/mol. The molecule has 0 saturated heterocycles. The van der Waals surface area contributed by atoms with Gasteiger partial charge in [0.2, 0.25) is 0 Å². The second kappa shape index (κ2) is 4.73. The van der Waals surface area contributed by atoms with Gasteiger partial charge in [-0.25, -0.2) is 0 Å². The Bertz CT molecular complexity index is 263. The molecule has 0 aromatic heterocycles. The van der Waals surface area contributed by atoms with Crippen molar-refractivity contribution in [2.75, 3.05) is 6.61 Å². The average molecular weight is 250 g/mol. The predicted octanol–water partition coefficient (Wildman–Crippen LogP) is 3.59. The normalized spacial score (nSPS) is 9.92. The predicted molar refractivity (Wildman–Crippen MR) is 54.9 cm³/mol. The van der Waals surface area contributed by atoms with Crippen LogP contribution in [-0.4, -0.2) is 6.61 Å². The van der Waals surface area contributed by atoms with Crippen molar-refractivity contribution < 1.29 is 4.74 Å². The van der Waals surface area contributed by atoms with Gasteiger partial charge in [-0.2, -0.15) is 0 Å². The molecule has 0 aliphatic carbocycles. The molecule has 0 N–H and O–H groups in total. The molecule has 0 radical (unpaired) electrons. The molecule has 0 fully saturated rings. The summed E-state index contributed by atoms with van der Waals surface area (Å²) in [6.45, 7) is 2.64. The molecule has 0 heterocycles. The third-order valence-corrected chi connectivity index (χ3v) is 2.38. The topological polar surface area (TPSA) is 9.23 Å². The Morgan fingerprint density at radius 3 is 2.75 bits per heavy atom. The maximum Gasteiger partial charge on any atom is 0.133 e. The number of benzene rings is 1. The number of halogens is 2. The largest absolute Gasteiger partial charge is 0.493 e. The molecule has 0 bridgehead atoms. The van der Waals surface area contributed by atoms with Crippen LogP contribution in [0.3, 0.4) is 0 Å². The molecule has 1 nitrogen and oxygen atoms in total. The van der Waals surface area contributed by atoms with E-state index >= 15 is 0 Å². The van der Waals surface area contributed by atoms with Gasteiger partial charge in [-0.15, -0.1) is 11.6 Å². The molecule has 0 aliphatic heterocycles. The van der Waals surface area contributed by atoms with E-state index in [1.54, 1.807) is 0 Å². The van der Waals surface area contributed by atoms with Gasteiger partial charge in [-0.3, -0.25) is 0 Å². The molecule has 66 valence electrons. The van der Waals surface area contributed by atoms with Gasteiger partial charge >= 0.3 is 0 Å². The lowest BCUT2D eigenvalue weighted by atomic mass is 10.2. The van der Waals surface area contributed by atoms with E-state index in [2.05, 4.69) is 15.9 Å². The summed E-state index contributed by atoms with van der Waals surface area (Å²) in [5.74, 6) is 1.40. The SMILES string of the molecule is CCOc1ccc(CCl)cc1Br. The number of ether oxygens (including phenoxy) is 1. The van der Waals surface area contributed by atoms with Crippen molar-refractivity contribution in [1.82, 2.24) is 0 Å². The molecule has 0 unspecified atom stereocenters. The smallest absolute Gasteiger partial charge is 0.133 e. The lowest BCUT2D eigenvalue weighted by molar-refractivity contribution is 0.338. The molecule has 3 heteroatoms. The number of rotatable bonds is 3. The van der Waals surface area contributed by atoms with Gasteiger partial charge < -0.3 is 4.74 Å². The van der Waals surface area contributed by atoms with Crippen LogP contribution in [0.2, 0.25) is 0 Å². The minimum absolute atomic E-state index is 0.533. The summed E-state index contributed by atoms with van der Waals surface area (Å²) in [6.07, 6.45) is 0. The Labute approximate surface area is 85.8 Å². The minimum Gasteiger partial charge on any atom is -0.493 e. The second-order valence-corrected chi connectivity index (χ2v) is 3.45. The van der Waals surface area contributed by atoms with E-state index in [1.165, 1.54) is 0 Å². The Morgan fingerprint density at radius 1 is 1.50 bits per heavy atom. The van der Waals surface area contributed by atoms with Gasteiger partial charge in [0, 0.05) is 5.88 Å². The van der Waals surface area contributed by atoms with Crippen molar-refractivity contribution in [2.45, 2.75) is 12.8 Å². The minimum atomic E-state index is 0.533. The van der Waals surface area contributed by atoms with E-state index in [0.717, 1.165) is 15.8 Å². The first-order valence-electron chi connectivity index (χ1n) is 3.75. The van der Waals surface area contributed by atoms with Crippen molar-refractivity contribution >= 4 is 27.5 Å². The third kappa shape index (κ3) is 2.39. The fourth-order valence-electron chi connectivity index (χ4n) is 0.900. The molecule has 0 spiro atoms. The lowest BCUT2D eigenvalue weighted by Gasteiger charge is -2.05. The number of hydrogen-bond acceptors (Lipinski definition) is 1. The molecule has 0 saturated carbocycles. The molecule has 0 aliphatic rings. The fraction of sp³-hybridized carbons (Fsp3) is 0.333. The van der Waals surface area contributed by atoms with E-state index in [-0.39, 0.29) is 0 Å². The van der Waals surface area contributed by atoms with Crippen LogP contribution in [0.15, 0.2) is 22.7 Å². The summed E-state index contributed by atoms with van der Waals surface area (Å²) in [7, 11) is 0. The highest BCUT2D eigenvalue weighted by atomic mass is 79.9. The Balaban J connectivity index is 2.87. The van der Waals surface area contributed by atoms with E-state index < -0.39 is 0 Å². The summed E-state index contributed by atoms with van der Waals surface area (Å²) in [5, 5.41) is 0. The van der Waals surface area contributed by atoms with E-state index in [0.29, 0.717) is 12.5 Å². The van der Waals surface area contributed by atoms with Crippen LogP contribution in [0.5, 0.6) is 5.75 Å². The molecule has 1 aromatic rings. The van der Waals surface area contributed by atoms with Crippen LogP contribution in [0.4, 0.5) is 0 Å². The zero-order valence-corrected chi connectivity index (χ0v) is 9.15. The zero-order valence-electron chi connectivity index (χ0n) is 6.81. The van der Waals surface area contributed by atoms with Gasteiger partial charge in [0.1, 0.15) is 5.75 Å². The number of alkyl halides is 1. The summed E-state index contributed by atoms with van der Waals surface area (Å²) >= 11 is 9.07. The van der Waals surface area contributed by atoms with Crippen molar-refractivity contribution in [1.29, 1.82) is 0 Å². The zero-order chi connectivity index (χ0) is 8.97. The molecule has 12 heavy (non-hydrogen) atoms. The van der Waals surface area contributed by atoms with Crippen molar-refractivity contribution in [3.8, 4) is 5.75 Å². The summed E-state index contributed by atoms with van der Waals surface area (Å²) in [5.41, 5.74) is 1.09. The molecule has 1 aromatic carbocycles. The van der Waals surface area contributed by atoms with Crippen molar-refractivity contribution in [2.24, 2.45) is 0 Å². The average Bonchev–Trinajstić information content (AvgIpc) is 2.09. The molecule has 1 rings (SSSR count). The van der Waals surface area contributed by atoms with E-state index in [4.69, 9.17) is 16.3 Å². The fourth-order valence-corrected chi connectivity index (χ4v) is 1.61. The van der Waals surface area contributed by atoms with Crippen LogP contribution in [0.25, 0.3) is 0 Å². The summed E-state index contributed by atoms with van der Waals surface area (Å²) in [4.78, 5) is 0. The highest BCUT2D eigenvalue weighted by Gasteiger charge is 2.00. The first-order chi connectivity index (χ1) is 5.77. The Hall–Kier alpha value is -0.210. The van der Waals surface area contributed by atoms with Gasteiger partial charge in [0.15, 0.2) is 0 Å². The maximum absolute atomic E-state index is 5.67. The first kappa shape index (κ1) is 9.87. The summed E-state index contributed by atoms with van der Waals surface area (Å²) in [6, 6.07) is 5.85. The van der Waals surface area contributed by atoms with Crippen LogP contribution in [0, 0.1) is 0 Å². The van der Waals surface area contributed by atoms with Crippen LogP contribution in [0.1, 0.15) is 12.5 Å². The standard InChI is InChI=1S/C9H10BrClO/c1-2-12-9-4-3-7(6-11)5-8(9)10/h3-5H,2,6H2,1H3. The highest BCUT2D eigenvalue weighted by Crippen LogP contribution is 2.26. The maximum atomic E-state index is 5.67. The molecular weight excluding hydrogens is 239 g/mol. The van der Waals surface area contributed by atoms with Gasteiger partial charge in [0.25, 0.3) is 0 Å². The Kier molecular flexibility index (Phi) is 3.89. The second-order valence-electron chi connectivity index (χ2n) is 2.33. The Morgan fingerprint density at radius 2 is 2.25 bits per heavy atom.